The lowest BCUT2D eigenvalue weighted by atomic mass is 10.0. The topological polar surface area (TPSA) is 55.8 Å². The van der Waals surface area contributed by atoms with E-state index in [2.05, 4.69) is 13.8 Å². The molecule has 0 N–H and O–H groups in total. The number of nitrogens with zero attached hydrogens (tertiary/aromatic N) is 1. The highest BCUT2D eigenvalue weighted by Gasteiger charge is 2.38. The summed E-state index contributed by atoms with van der Waals surface area (Å²) in [6, 6.07) is 3.33. The van der Waals surface area contributed by atoms with Crippen LogP contribution in [0.15, 0.2) is 12.1 Å². The molecule has 1 aliphatic heterocycles. The van der Waals surface area contributed by atoms with Gasteiger partial charge in [-0.25, -0.2) is 0 Å². The van der Waals surface area contributed by atoms with Crippen LogP contribution in [0, 0.1) is 11.8 Å². The Kier molecular flexibility index (Phi) is 5.29. The Labute approximate surface area is 137 Å². The third-order valence-electron chi connectivity index (χ3n) is 3.99. The van der Waals surface area contributed by atoms with Gasteiger partial charge in [-0.1, -0.05) is 27.7 Å². The average molecular weight is 319 g/mol. The molecule has 1 aromatic rings. The molecule has 5 heteroatoms. The molecule has 1 heterocycles. The van der Waals surface area contributed by atoms with Crippen LogP contribution in [0.25, 0.3) is 0 Å². The minimum atomic E-state index is -0.536. The summed E-state index contributed by atoms with van der Waals surface area (Å²) in [7, 11) is 1.53. The molecule has 0 saturated carbocycles. The number of ether oxygens (including phenoxy) is 2. The number of rotatable bonds is 6. The monoisotopic (exact) mass is 319 g/mol. The summed E-state index contributed by atoms with van der Waals surface area (Å²) in [4.78, 5) is 25.7. The van der Waals surface area contributed by atoms with Gasteiger partial charge < -0.3 is 14.4 Å². The molecular formula is C18H25NO4. The Hall–Kier alpha value is -2.04. The molecule has 0 saturated heterocycles. The van der Waals surface area contributed by atoms with E-state index in [1.165, 1.54) is 7.11 Å². The molecule has 2 rings (SSSR count). The van der Waals surface area contributed by atoms with Crippen molar-refractivity contribution >= 4 is 17.9 Å². The molecular weight excluding hydrogens is 294 g/mol. The number of aldehydes is 1. The molecule has 1 aliphatic rings. The highest BCUT2D eigenvalue weighted by molar-refractivity contribution is 6.01. The summed E-state index contributed by atoms with van der Waals surface area (Å²) in [5, 5.41) is 0. The van der Waals surface area contributed by atoms with Crippen molar-refractivity contribution in [1.29, 1.82) is 0 Å². The Balaban J connectivity index is 2.52. The van der Waals surface area contributed by atoms with Gasteiger partial charge in [0.25, 0.3) is 5.91 Å². The summed E-state index contributed by atoms with van der Waals surface area (Å²) in [6.45, 7) is 8.75. The van der Waals surface area contributed by atoms with Crippen LogP contribution in [0.5, 0.6) is 11.5 Å². The summed E-state index contributed by atoms with van der Waals surface area (Å²) in [6.07, 6.45) is 1.09. The zero-order chi connectivity index (χ0) is 17.1. The van der Waals surface area contributed by atoms with Crippen LogP contribution in [0.2, 0.25) is 0 Å². The predicted octanol–water partition coefficient (Wildman–Crippen LogP) is 3.30. The van der Waals surface area contributed by atoms with Gasteiger partial charge in [0.15, 0.2) is 17.6 Å². The van der Waals surface area contributed by atoms with E-state index < -0.39 is 6.10 Å². The van der Waals surface area contributed by atoms with E-state index in [1.807, 2.05) is 13.8 Å². The van der Waals surface area contributed by atoms with Crippen molar-refractivity contribution in [3.63, 3.8) is 0 Å². The molecule has 0 radical (unpaired) electrons. The summed E-state index contributed by atoms with van der Waals surface area (Å²) >= 11 is 0. The third kappa shape index (κ3) is 3.49. The predicted molar refractivity (Wildman–Crippen MR) is 89.4 cm³/mol. The minimum absolute atomic E-state index is 0.0488. The number of fused-ring (bicyclic) bond motifs is 1. The first-order chi connectivity index (χ1) is 10.9. The molecule has 1 atom stereocenters. The molecule has 0 bridgehead atoms. The zero-order valence-electron chi connectivity index (χ0n) is 14.5. The SMILES string of the molecule is COc1cc(C=O)cc2c1OC(C(C)C)C(=O)N2CCC(C)C. The molecule has 1 unspecified atom stereocenters. The number of amides is 1. The van der Waals surface area contributed by atoms with Crippen molar-refractivity contribution in [3.05, 3.63) is 17.7 Å². The molecule has 1 aromatic carbocycles. The second-order valence-corrected chi connectivity index (χ2v) is 6.64. The summed E-state index contributed by atoms with van der Waals surface area (Å²) < 4.78 is 11.3. The molecule has 0 aliphatic carbocycles. The van der Waals surface area contributed by atoms with Crippen molar-refractivity contribution in [2.75, 3.05) is 18.6 Å². The molecule has 5 nitrogen and oxygen atoms in total. The standard InChI is InChI=1S/C18H25NO4/c1-11(2)6-7-19-14-8-13(10-20)9-15(22-5)17(14)23-16(12(3)4)18(19)21/h8-12,16H,6-7H2,1-5H3. The van der Waals surface area contributed by atoms with Crippen molar-refractivity contribution < 1.29 is 19.1 Å². The normalized spacial score (nSPS) is 17.3. The van der Waals surface area contributed by atoms with Gasteiger partial charge in [-0.2, -0.15) is 0 Å². The quantitative estimate of drug-likeness (QED) is 0.755. The van der Waals surface area contributed by atoms with Gasteiger partial charge in [-0.15, -0.1) is 0 Å². The van der Waals surface area contributed by atoms with E-state index in [-0.39, 0.29) is 11.8 Å². The molecule has 0 aromatic heterocycles. The van der Waals surface area contributed by atoms with Gasteiger partial charge in [-0.05, 0) is 30.4 Å². The highest BCUT2D eigenvalue weighted by atomic mass is 16.5. The first-order valence-electron chi connectivity index (χ1n) is 8.04. The Morgan fingerprint density at radius 3 is 2.52 bits per heavy atom. The number of carbonyl (C=O) groups excluding carboxylic acids is 2. The lowest BCUT2D eigenvalue weighted by molar-refractivity contribution is -0.128. The fourth-order valence-electron chi connectivity index (χ4n) is 2.64. The van der Waals surface area contributed by atoms with Crippen molar-refractivity contribution in [2.45, 2.75) is 40.2 Å². The van der Waals surface area contributed by atoms with Crippen LogP contribution >= 0.6 is 0 Å². The number of hydrogen-bond acceptors (Lipinski definition) is 4. The first-order valence-corrected chi connectivity index (χ1v) is 8.04. The van der Waals surface area contributed by atoms with E-state index in [4.69, 9.17) is 9.47 Å². The van der Waals surface area contributed by atoms with Crippen molar-refractivity contribution in [2.24, 2.45) is 11.8 Å². The van der Waals surface area contributed by atoms with Crippen LogP contribution in [-0.4, -0.2) is 32.0 Å². The van der Waals surface area contributed by atoms with Crippen LogP contribution in [0.4, 0.5) is 5.69 Å². The molecule has 23 heavy (non-hydrogen) atoms. The fraction of sp³-hybridized carbons (Fsp3) is 0.556. The van der Waals surface area contributed by atoms with Gasteiger partial charge in [0.05, 0.1) is 12.8 Å². The van der Waals surface area contributed by atoms with Crippen LogP contribution in [0.3, 0.4) is 0 Å². The maximum absolute atomic E-state index is 12.8. The van der Waals surface area contributed by atoms with E-state index >= 15 is 0 Å². The molecule has 126 valence electrons. The molecule has 0 fully saturated rings. The highest BCUT2D eigenvalue weighted by Crippen LogP contribution is 2.43. The average Bonchev–Trinajstić information content (AvgIpc) is 2.51. The van der Waals surface area contributed by atoms with Gasteiger partial charge in [0, 0.05) is 12.1 Å². The molecule has 0 spiro atoms. The maximum atomic E-state index is 12.8. The van der Waals surface area contributed by atoms with Crippen LogP contribution in [-0.2, 0) is 4.79 Å². The molecule has 1 amide bonds. The zero-order valence-corrected chi connectivity index (χ0v) is 14.5. The second-order valence-electron chi connectivity index (χ2n) is 6.64. The van der Waals surface area contributed by atoms with Crippen LogP contribution < -0.4 is 14.4 Å². The number of carbonyl (C=O) groups is 2. The Bertz CT molecular complexity index is 595. The van der Waals surface area contributed by atoms with E-state index in [1.54, 1.807) is 17.0 Å². The minimum Gasteiger partial charge on any atom is -0.493 e. The number of benzene rings is 1. The second kappa shape index (κ2) is 7.02. The maximum Gasteiger partial charge on any atom is 0.268 e. The van der Waals surface area contributed by atoms with Crippen LogP contribution in [0.1, 0.15) is 44.5 Å². The lowest BCUT2D eigenvalue weighted by Crippen LogP contribution is -2.49. The van der Waals surface area contributed by atoms with E-state index in [9.17, 15) is 9.59 Å². The van der Waals surface area contributed by atoms with Crippen molar-refractivity contribution in [3.8, 4) is 11.5 Å². The number of methoxy groups -OCH3 is 1. The summed E-state index contributed by atoms with van der Waals surface area (Å²) in [5.74, 6) is 1.49. The van der Waals surface area contributed by atoms with Crippen molar-refractivity contribution in [1.82, 2.24) is 0 Å². The summed E-state index contributed by atoms with van der Waals surface area (Å²) in [5.41, 5.74) is 1.09. The van der Waals surface area contributed by atoms with Gasteiger partial charge in [-0.3, -0.25) is 9.59 Å². The Morgan fingerprint density at radius 1 is 1.30 bits per heavy atom. The fourth-order valence-corrected chi connectivity index (χ4v) is 2.64. The van der Waals surface area contributed by atoms with Gasteiger partial charge >= 0.3 is 0 Å². The largest absolute Gasteiger partial charge is 0.493 e. The smallest absolute Gasteiger partial charge is 0.268 e. The number of anilines is 1. The van der Waals surface area contributed by atoms with Gasteiger partial charge in [0.1, 0.15) is 6.29 Å². The number of hydrogen-bond donors (Lipinski definition) is 0. The van der Waals surface area contributed by atoms with Gasteiger partial charge in [0.2, 0.25) is 0 Å². The first kappa shape index (κ1) is 17.3. The van der Waals surface area contributed by atoms with E-state index in [0.717, 1.165) is 12.7 Å². The van der Waals surface area contributed by atoms with E-state index in [0.29, 0.717) is 35.2 Å². The third-order valence-corrected chi connectivity index (χ3v) is 3.99. The lowest BCUT2D eigenvalue weighted by Gasteiger charge is -2.37. The Morgan fingerprint density at radius 2 is 2.00 bits per heavy atom.